The van der Waals surface area contributed by atoms with E-state index in [4.69, 9.17) is 22.7 Å². The largest absolute Gasteiger partial charge is 0.392 e. The Bertz CT molecular complexity index is 380. The molecule has 0 saturated carbocycles. The van der Waals surface area contributed by atoms with Crippen LogP contribution in [0.2, 0.25) is 0 Å². The Kier molecular flexibility index (Phi) is 5.19. The van der Waals surface area contributed by atoms with Crippen LogP contribution in [0.25, 0.3) is 0 Å². The first-order valence-electron chi connectivity index (χ1n) is 7.19. The average molecular weight is 300 g/mol. The fourth-order valence-corrected chi connectivity index (χ4v) is 3.40. The second-order valence-corrected chi connectivity index (χ2v) is 8.07. The van der Waals surface area contributed by atoms with E-state index in [-0.39, 0.29) is 21.8 Å². The SMILES string of the molecule is CC(C)(C)CC(C)(C)NC(=O)C1(C(N)=S)CCOCC1. The molecule has 0 aliphatic carbocycles. The number of carbonyl (C=O) groups is 1. The Hall–Kier alpha value is -0.680. The number of thiocarbonyl (C=S) groups is 1. The lowest BCUT2D eigenvalue weighted by molar-refractivity contribution is -0.133. The Morgan fingerprint density at radius 1 is 1.25 bits per heavy atom. The van der Waals surface area contributed by atoms with Crippen molar-refractivity contribution in [2.75, 3.05) is 13.2 Å². The number of carbonyl (C=O) groups excluding carboxylic acids is 1. The standard InChI is InChI=1S/C15H28N2O2S/c1-13(2,3)10-14(4,5)17-12(18)15(11(16)20)6-8-19-9-7-15/h6-10H2,1-5H3,(H2,16,20)(H,17,18). The third kappa shape index (κ3) is 4.42. The lowest BCUT2D eigenvalue weighted by atomic mass is 9.77. The van der Waals surface area contributed by atoms with Gasteiger partial charge in [0.25, 0.3) is 0 Å². The van der Waals surface area contributed by atoms with E-state index in [1.165, 1.54) is 0 Å². The highest BCUT2D eigenvalue weighted by molar-refractivity contribution is 7.80. The second-order valence-electron chi connectivity index (χ2n) is 7.63. The maximum Gasteiger partial charge on any atom is 0.233 e. The Morgan fingerprint density at radius 2 is 1.75 bits per heavy atom. The number of amides is 1. The molecular weight excluding hydrogens is 272 g/mol. The molecule has 1 aliphatic rings. The third-order valence-corrected chi connectivity index (χ3v) is 4.07. The molecule has 0 atom stereocenters. The van der Waals surface area contributed by atoms with E-state index in [0.29, 0.717) is 26.1 Å². The predicted octanol–water partition coefficient (Wildman–Crippen LogP) is 2.40. The first kappa shape index (κ1) is 17.4. The smallest absolute Gasteiger partial charge is 0.233 e. The van der Waals surface area contributed by atoms with Crippen molar-refractivity contribution in [3.8, 4) is 0 Å². The van der Waals surface area contributed by atoms with Crippen LogP contribution in [-0.4, -0.2) is 29.6 Å². The first-order chi connectivity index (χ1) is 8.99. The summed E-state index contributed by atoms with van der Waals surface area (Å²) < 4.78 is 5.34. The molecule has 1 rings (SSSR count). The van der Waals surface area contributed by atoms with Crippen molar-refractivity contribution in [2.24, 2.45) is 16.6 Å². The van der Waals surface area contributed by atoms with Crippen molar-refractivity contribution in [1.82, 2.24) is 5.32 Å². The quantitative estimate of drug-likeness (QED) is 0.783. The van der Waals surface area contributed by atoms with Crippen molar-refractivity contribution in [3.05, 3.63) is 0 Å². The average Bonchev–Trinajstić information content (AvgIpc) is 2.25. The molecule has 0 unspecified atom stereocenters. The van der Waals surface area contributed by atoms with Gasteiger partial charge in [-0.1, -0.05) is 33.0 Å². The number of hydrogen-bond donors (Lipinski definition) is 2. The molecule has 0 spiro atoms. The van der Waals surface area contributed by atoms with Crippen LogP contribution in [0.1, 0.15) is 53.9 Å². The highest BCUT2D eigenvalue weighted by Gasteiger charge is 2.44. The number of rotatable bonds is 4. The number of nitrogens with one attached hydrogen (secondary N) is 1. The fraction of sp³-hybridized carbons (Fsp3) is 0.867. The van der Waals surface area contributed by atoms with Gasteiger partial charge >= 0.3 is 0 Å². The van der Waals surface area contributed by atoms with E-state index in [0.717, 1.165) is 6.42 Å². The van der Waals surface area contributed by atoms with Crippen LogP contribution in [0.5, 0.6) is 0 Å². The van der Waals surface area contributed by atoms with Crippen molar-refractivity contribution < 1.29 is 9.53 Å². The molecule has 1 aliphatic heterocycles. The maximum atomic E-state index is 12.7. The topological polar surface area (TPSA) is 64.4 Å². The molecule has 1 fully saturated rings. The Labute approximate surface area is 127 Å². The van der Waals surface area contributed by atoms with Crippen LogP contribution in [0.3, 0.4) is 0 Å². The monoisotopic (exact) mass is 300 g/mol. The molecule has 5 heteroatoms. The second kappa shape index (κ2) is 5.98. The van der Waals surface area contributed by atoms with Crippen LogP contribution < -0.4 is 11.1 Å². The normalized spacial score (nSPS) is 19.4. The van der Waals surface area contributed by atoms with Crippen LogP contribution >= 0.6 is 12.2 Å². The summed E-state index contributed by atoms with van der Waals surface area (Å²) in [6, 6.07) is 0. The van der Waals surface area contributed by atoms with Gasteiger partial charge in [-0.15, -0.1) is 0 Å². The van der Waals surface area contributed by atoms with Crippen molar-refractivity contribution >= 4 is 23.1 Å². The highest BCUT2D eigenvalue weighted by atomic mass is 32.1. The fourth-order valence-electron chi connectivity index (χ4n) is 3.10. The highest BCUT2D eigenvalue weighted by Crippen LogP contribution is 2.33. The molecule has 0 aromatic heterocycles. The van der Waals surface area contributed by atoms with Crippen LogP contribution in [-0.2, 0) is 9.53 Å². The maximum absolute atomic E-state index is 12.7. The zero-order valence-electron chi connectivity index (χ0n) is 13.3. The zero-order chi connectivity index (χ0) is 15.6. The molecular formula is C15H28N2O2S. The van der Waals surface area contributed by atoms with E-state index in [9.17, 15) is 4.79 Å². The Balaban J connectivity index is 2.84. The molecule has 0 aromatic carbocycles. The molecule has 0 radical (unpaired) electrons. The zero-order valence-corrected chi connectivity index (χ0v) is 14.2. The molecule has 0 bridgehead atoms. The molecule has 20 heavy (non-hydrogen) atoms. The lowest BCUT2D eigenvalue weighted by Crippen LogP contribution is -2.57. The van der Waals surface area contributed by atoms with Gasteiger partial charge in [-0.25, -0.2) is 0 Å². The van der Waals surface area contributed by atoms with Crippen molar-refractivity contribution in [2.45, 2.75) is 59.4 Å². The van der Waals surface area contributed by atoms with E-state index in [1.807, 2.05) is 13.8 Å². The van der Waals surface area contributed by atoms with Gasteiger partial charge in [0.1, 0.15) is 5.41 Å². The van der Waals surface area contributed by atoms with Gasteiger partial charge in [0, 0.05) is 18.8 Å². The molecule has 116 valence electrons. The molecule has 1 amide bonds. The number of ether oxygens (including phenoxy) is 1. The summed E-state index contributed by atoms with van der Waals surface area (Å²) in [5.41, 5.74) is 4.97. The summed E-state index contributed by atoms with van der Waals surface area (Å²) in [6.45, 7) is 11.6. The Morgan fingerprint density at radius 3 is 2.15 bits per heavy atom. The summed E-state index contributed by atoms with van der Waals surface area (Å²) in [7, 11) is 0. The van der Waals surface area contributed by atoms with E-state index in [1.54, 1.807) is 0 Å². The van der Waals surface area contributed by atoms with E-state index < -0.39 is 5.41 Å². The van der Waals surface area contributed by atoms with E-state index in [2.05, 4.69) is 26.1 Å². The van der Waals surface area contributed by atoms with Gasteiger partial charge < -0.3 is 15.8 Å². The van der Waals surface area contributed by atoms with Gasteiger partial charge in [0.2, 0.25) is 5.91 Å². The van der Waals surface area contributed by atoms with Gasteiger partial charge in [-0.2, -0.15) is 0 Å². The molecule has 1 heterocycles. The third-order valence-electron chi connectivity index (χ3n) is 3.68. The van der Waals surface area contributed by atoms with Crippen LogP contribution in [0.15, 0.2) is 0 Å². The molecule has 3 N–H and O–H groups in total. The van der Waals surface area contributed by atoms with E-state index >= 15 is 0 Å². The van der Waals surface area contributed by atoms with Gasteiger partial charge in [0.15, 0.2) is 0 Å². The number of hydrogen-bond acceptors (Lipinski definition) is 3. The van der Waals surface area contributed by atoms with Crippen molar-refractivity contribution in [3.63, 3.8) is 0 Å². The van der Waals surface area contributed by atoms with Crippen LogP contribution in [0.4, 0.5) is 0 Å². The molecule has 0 aromatic rings. The lowest BCUT2D eigenvalue weighted by Gasteiger charge is -2.40. The van der Waals surface area contributed by atoms with Gasteiger partial charge in [0.05, 0.1) is 4.99 Å². The summed E-state index contributed by atoms with van der Waals surface area (Å²) in [4.78, 5) is 13.0. The summed E-state index contributed by atoms with van der Waals surface area (Å²) in [5.74, 6) is -0.0532. The van der Waals surface area contributed by atoms with Gasteiger partial charge in [-0.05, 0) is 38.5 Å². The minimum Gasteiger partial charge on any atom is -0.392 e. The first-order valence-corrected chi connectivity index (χ1v) is 7.60. The molecule has 4 nitrogen and oxygen atoms in total. The van der Waals surface area contributed by atoms with Crippen molar-refractivity contribution in [1.29, 1.82) is 0 Å². The minimum atomic E-state index is -0.747. The minimum absolute atomic E-state index is 0.0532. The molecule has 1 saturated heterocycles. The summed E-state index contributed by atoms with van der Waals surface area (Å²) in [5, 5.41) is 3.14. The predicted molar refractivity (Wildman–Crippen MR) is 85.6 cm³/mol. The number of nitrogens with two attached hydrogens (primary N) is 1. The summed E-state index contributed by atoms with van der Waals surface area (Å²) >= 11 is 5.16. The van der Waals surface area contributed by atoms with Crippen LogP contribution in [0, 0.1) is 10.8 Å². The van der Waals surface area contributed by atoms with Gasteiger partial charge in [-0.3, -0.25) is 4.79 Å². The summed E-state index contributed by atoms with van der Waals surface area (Å²) in [6.07, 6.45) is 2.02.